The van der Waals surface area contributed by atoms with Crippen LogP contribution in [0.25, 0.3) is 16.5 Å². The van der Waals surface area contributed by atoms with E-state index in [1.807, 2.05) is 12.1 Å². The van der Waals surface area contributed by atoms with Crippen LogP contribution in [0, 0.1) is 18.2 Å². The number of aryl methyl sites for hydroxylation is 1. The summed E-state index contributed by atoms with van der Waals surface area (Å²) in [5.41, 5.74) is 6.15. The van der Waals surface area contributed by atoms with E-state index < -0.39 is 21.6 Å². The average molecular weight is 466 g/mol. The van der Waals surface area contributed by atoms with Gasteiger partial charge in [0.15, 0.2) is 9.84 Å². The second kappa shape index (κ2) is 8.14. The van der Waals surface area contributed by atoms with Gasteiger partial charge in [-0.1, -0.05) is 24.3 Å². The molecule has 1 amide bonds. The predicted octanol–water partition coefficient (Wildman–Crippen LogP) is 3.41. The minimum Gasteiger partial charge on any atom is -0.384 e. The SMILES string of the molecule is Cc1cc(C(=O)Nc2ccc(C(=N)N)cc2F)n(-c2cc3ccccc3cc2S(C)(=O)=O)n1. The first-order valence-corrected chi connectivity index (χ1v) is 11.7. The van der Waals surface area contributed by atoms with E-state index in [0.29, 0.717) is 5.69 Å². The molecule has 0 atom stereocenters. The molecule has 168 valence electrons. The van der Waals surface area contributed by atoms with E-state index in [1.165, 1.54) is 22.9 Å². The monoisotopic (exact) mass is 465 g/mol. The Morgan fingerprint density at radius 3 is 2.36 bits per heavy atom. The maximum atomic E-state index is 14.4. The second-order valence-electron chi connectivity index (χ2n) is 7.58. The summed E-state index contributed by atoms with van der Waals surface area (Å²) < 4.78 is 40.8. The van der Waals surface area contributed by atoms with Crippen LogP contribution in [-0.4, -0.2) is 36.2 Å². The van der Waals surface area contributed by atoms with Crippen LogP contribution in [0.3, 0.4) is 0 Å². The van der Waals surface area contributed by atoms with Gasteiger partial charge in [0.05, 0.1) is 22.0 Å². The van der Waals surface area contributed by atoms with E-state index in [9.17, 15) is 17.6 Å². The van der Waals surface area contributed by atoms with Crippen molar-refractivity contribution in [2.45, 2.75) is 11.8 Å². The first kappa shape index (κ1) is 22.2. The van der Waals surface area contributed by atoms with Gasteiger partial charge in [0, 0.05) is 11.8 Å². The van der Waals surface area contributed by atoms with Gasteiger partial charge in [-0.15, -0.1) is 0 Å². The maximum absolute atomic E-state index is 14.4. The van der Waals surface area contributed by atoms with Crippen LogP contribution >= 0.6 is 0 Å². The lowest BCUT2D eigenvalue weighted by atomic mass is 10.1. The van der Waals surface area contributed by atoms with Gasteiger partial charge in [-0.25, -0.2) is 17.5 Å². The Morgan fingerprint density at radius 1 is 1.09 bits per heavy atom. The van der Waals surface area contributed by atoms with E-state index in [-0.39, 0.29) is 33.4 Å². The van der Waals surface area contributed by atoms with E-state index in [2.05, 4.69) is 10.4 Å². The molecule has 4 N–H and O–H groups in total. The number of nitrogens with zero attached hydrogens (tertiary/aromatic N) is 2. The van der Waals surface area contributed by atoms with Crippen LogP contribution in [-0.2, 0) is 9.84 Å². The van der Waals surface area contributed by atoms with Gasteiger partial charge >= 0.3 is 0 Å². The molecule has 10 heteroatoms. The summed E-state index contributed by atoms with van der Waals surface area (Å²) in [6.45, 7) is 1.66. The molecular formula is C23H20FN5O3S. The lowest BCUT2D eigenvalue weighted by Gasteiger charge is -2.14. The molecule has 8 nitrogen and oxygen atoms in total. The fourth-order valence-corrected chi connectivity index (χ4v) is 4.35. The third kappa shape index (κ3) is 4.33. The van der Waals surface area contributed by atoms with Crippen LogP contribution in [0.5, 0.6) is 0 Å². The molecule has 1 aromatic heterocycles. The smallest absolute Gasteiger partial charge is 0.274 e. The Bertz CT molecular complexity index is 1540. The van der Waals surface area contributed by atoms with Gasteiger partial charge in [-0.3, -0.25) is 10.2 Å². The van der Waals surface area contributed by atoms with E-state index in [4.69, 9.17) is 11.1 Å². The standard InChI is InChI=1S/C23H20FN5O3S/c1-13-9-20(23(30)27-18-8-7-16(22(25)26)10-17(18)24)29(28-13)19-11-14-5-3-4-6-15(14)12-21(19)33(2,31)32/h3-12H,1-2H3,(H3,25,26)(H,27,30). The van der Waals surface area contributed by atoms with Crippen molar-refractivity contribution in [2.75, 3.05) is 11.6 Å². The topological polar surface area (TPSA) is 131 Å². The zero-order valence-electron chi connectivity index (χ0n) is 17.8. The normalized spacial score (nSPS) is 11.5. The molecule has 0 bridgehead atoms. The highest BCUT2D eigenvalue weighted by Crippen LogP contribution is 2.28. The fourth-order valence-electron chi connectivity index (χ4n) is 3.49. The Morgan fingerprint density at radius 2 is 1.76 bits per heavy atom. The molecule has 0 spiro atoms. The number of carbonyl (C=O) groups is 1. The average Bonchev–Trinajstić information content (AvgIpc) is 3.15. The molecule has 0 aliphatic carbocycles. The number of anilines is 1. The van der Waals surface area contributed by atoms with Crippen molar-refractivity contribution in [1.29, 1.82) is 5.41 Å². The van der Waals surface area contributed by atoms with E-state index in [1.54, 1.807) is 31.2 Å². The van der Waals surface area contributed by atoms with Crippen molar-refractivity contribution >= 4 is 38.0 Å². The highest BCUT2D eigenvalue weighted by Gasteiger charge is 2.23. The fraction of sp³-hybridized carbons (Fsp3) is 0.0870. The number of rotatable bonds is 5. The van der Waals surface area contributed by atoms with Crippen LogP contribution < -0.4 is 11.1 Å². The van der Waals surface area contributed by atoms with Crippen molar-refractivity contribution in [3.8, 4) is 5.69 Å². The van der Waals surface area contributed by atoms with Crippen LogP contribution in [0.4, 0.5) is 10.1 Å². The number of nitrogens with two attached hydrogens (primary N) is 1. The molecule has 0 radical (unpaired) electrons. The summed E-state index contributed by atoms with van der Waals surface area (Å²) in [4.78, 5) is 13.1. The Labute approximate surface area is 189 Å². The summed E-state index contributed by atoms with van der Waals surface area (Å²) >= 11 is 0. The Kier molecular flexibility index (Phi) is 5.46. The zero-order chi connectivity index (χ0) is 23.9. The van der Waals surface area contributed by atoms with Crippen LogP contribution in [0.1, 0.15) is 21.7 Å². The van der Waals surface area contributed by atoms with Crippen molar-refractivity contribution < 1.29 is 17.6 Å². The van der Waals surface area contributed by atoms with Crippen molar-refractivity contribution in [3.05, 3.63) is 83.4 Å². The summed E-state index contributed by atoms with van der Waals surface area (Å²) in [5.74, 6) is -1.75. The minimum atomic E-state index is -3.67. The third-order valence-electron chi connectivity index (χ3n) is 5.05. The number of fused-ring (bicyclic) bond motifs is 1. The number of carbonyl (C=O) groups excluding carboxylic acids is 1. The van der Waals surface area contributed by atoms with Gasteiger partial charge in [-0.2, -0.15) is 5.10 Å². The number of sulfone groups is 1. The molecule has 3 aromatic carbocycles. The number of nitrogens with one attached hydrogen (secondary N) is 2. The number of hydrogen-bond donors (Lipinski definition) is 3. The molecule has 33 heavy (non-hydrogen) atoms. The number of hydrogen-bond acceptors (Lipinski definition) is 5. The quantitative estimate of drug-likeness (QED) is 0.307. The molecule has 0 saturated heterocycles. The summed E-state index contributed by atoms with van der Waals surface area (Å²) in [7, 11) is -3.67. The number of amides is 1. The van der Waals surface area contributed by atoms with Gasteiger partial charge in [-0.05, 0) is 54.1 Å². The molecule has 0 fully saturated rings. The molecule has 0 aliphatic heterocycles. The van der Waals surface area contributed by atoms with Crippen molar-refractivity contribution in [1.82, 2.24) is 9.78 Å². The largest absolute Gasteiger partial charge is 0.384 e. The second-order valence-corrected chi connectivity index (χ2v) is 9.57. The first-order chi connectivity index (χ1) is 15.5. The van der Waals surface area contributed by atoms with Crippen LogP contribution in [0.15, 0.2) is 65.6 Å². The van der Waals surface area contributed by atoms with Gasteiger partial charge in [0.2, 0.25) is 0 Å². The summed E-state index contributed by atoms with van der Waals surface area (Å²) in [6.07, 6.45) is 1.09. The van der Waals surface area contributed by atoms with Gasteiger partial charge in [0.25, 0.3) is 5.91 Å². The molecule has 4 rings (SSSR count). The van der Waals surface area contributed by atoms with Gasteiger partial charge in [0.1, 0.15) is 17.3 Å². The van der Waals surface area contributed by atoms with Gasteiger partial charge < -0.3 is 11.1 Å². The molecule has 0 unspecified atom stereocenters. The number of aromatic nitrogens is 2. The highest BCUT2D eigenvalue weighted by molar-refractivity contribution is 7.90. The van der Waals surface area contributed by atoms with E-state index in [0.717, 1.165) is 23.1 Å². The Hall–Kier alpha value is -4.05. The predicted molar refractivity (Wildman–Crippen MR) is 124 cm³/mol. The van der Waals surface area contributed by atoms with Crippen molar-refractivity contribution in [2.24, 2.45) is 5.73 Å². The Balaban J connectivity index is 1.82. The lowest BCUT2D eigenvalue weighted by molar-refractivity contribution is 0.101. The maximum Gasteiger partial charge on any atom is 0.274 e. The summed E-state index contributed by atoms with van der Waals surface area (Å²) in [6, 6.07) is 15.7. The lowest BCUT2D eigenvalue weighted by Crippen LogP contribution is -2.19. The first-order valence-electron chi connectivity index (χ1n) is 9.80. The zero-order valence-corrected chi connectivity index (χ0v) is 18.6. The number of benzene rings is 3. The third-order valence-corrected chi connectivity index (χ3v) is 6.17. The van der Waals surface area contributed by atoms with Crippen molar-refractivity contribution in [3.63, 3.8) is 0 Å². The molecule has 0 saturated carbocycles. The minimum absolute atomic E-state index is 0.00958. The van der Waals surface area contributed by atoms with Crippen LogP contribution in [0.2, 0.25) is 0 Å². The highest BCUT2D eigenvalue weighted by atomic mass is 32.2. The molecule has 1 heterocycles. The summed E-state index contributed by atoms with van der Waals surface area (Å²) in [5, 5.41) is 15.7. The number of amidine groups is 1. The van der Waals surface area contributed by atoms with E-state index >= 15 is 0 Å². The number of halogens is 1. The molecular weight excluding hydrogens is 445 g/mol. The number of nitrogen functional groups attached to an aromatic ring is 1. The molecule has 0 aliphatic rings. The molecule has 4 aromatic rings.